The smallest absolute Gasteiger partial charge is 0.329 e. The van der Waals surface area contributed by atoms with Gasteiger partial charge >= 0.3 is 6.03 Å². The van der Waals surface area contributed by atoms with Gasteiger partial charge in [0.1, 0.15) is 0 Å². The predicted molar refractivity (Wildman–Crippen MR) is 88.6 cm³/mol. The summed E-state index contributed by atoms with van der Waals surface area (Å²) in [7, 11) is 0. The molecule has 0 unspecified atom stereocenters. The Hall–Kier alpha value is -2.37. The molecule has 1 aliphatic heterocycles. The third-order valence-electron chi connectivity index (χ3n) is 4.21. The molecule has 120 valence electrons. The summed E-state index contributed by atoms with van der Waals surface area (Å²) in [4.78, 5) is 16.2. The van der Waals surface area contributed by atoms with E-state index in [0.717, 1.165) is 11.4 Å². The molecular formula is C18H20N2O3. The molecule has 0 atom stereocenters. The van der Waals surface area contributed by atoms with E-state index < -0.39 is 5.41 Å². The number of aliphatic hydroxyl groups excluding tert-OH is 2. The van der Waals surface area contributed by atoms with Crippen LogP contribution in [-0.2, 0) is 0 Å². The van der Waals surface area contributed by atoms with Gasteiger partial charge in [-0.3, -0.25) is 4.90 Å². The van der Waals surface area contributed by atoms with Crippen molar-refractivity contribution < 1.29 is 15.0 Å². The number of anilines is 2. The number of likely N-dealkylation sites (tertiary alicyclic amines) is 1. The molecule has 0 radical (unpaired) electrons. The average molecular weight is 312 g/mol. The fourth-order valence-electron chi connectivity index (χ4n) is 2.81. The molecule has 2 amide bonds. The highest BCUT2D eigenvalue weighted by atomic mass is 16.3. The van der Waals surface area contributed by atoms with Gasteiger partial charge in [0.15, 0.2) is 0 Å². The predicted octanol–water partition coefficient (Wildman–Crippen LogP) is 2.23. The highest BCUT2D eigenvalue weighted by Crippen LogP contribution is 2.33. The maximum absolute atomic E-state index is 12.9. The standard InChI is InChI=1S/C18H20N2O3/c21-13-18(14-22)11-19(12-18)17(23)20(15-7-3-1-4-8-15)16-9-5-2-6-10-16/h1-10,21-22H,11-14H2. The summed E-state index contributed by atoms with van der Waals surface area (Å²) in [5.74, 6) is 0. The molecule has 0 aromatic heterocycles. The number of carbonyl (C=O) groups is 1. The lowest BCUT2D eigenvalue weighted by Crippen LogP contribution is -2.64. The molecule has 0 spiro atoms. The molecule has 2 N–H and O–H groups in total. The number of nitrogens with zero attached hydrogens (tertiary/aromatic N) is 2. The van der Waals surface area contributed by atoms with Gasteiger partial charge in [0.2, 0.25) is 0 Å². The van der Waals surface area contributed by atoms with Crippen LogP contribution in [-0.4, -0.2) is 47.4 Å². The third kappa shape index (κ3) is 2.93. The summed E-state index contributed by atoms with van der Waals surface area (Å²) in [6.07, 6.45) is 0. The van der Waals surface area contributed by atoms with Gasteiger partial charge in [-0.1, -0.05) is 36.4 Å². The van der Waals surface area contributed by atoms with E-state index in [1.54, 1.807) is 9.80 Å². The van der Waals surface area contributed by atoms with Gasteiger partial charge in [-0.15, -0.1) is 0 Å². The molecular weight excluding hydrogens is 292 g/mol. The van der Waals surface area contributed by atoms with Gasteiger partial charge in [0.25, 0.3) is 0 Å². The fourth-order valence-corrected chi connectivity index (χ4v) is 2.81. The Kier molecular flexibility index (Phi) is 4.32. The van der Waals surface area contributed by atoms with Crippen LogP contribution in [0.15, 0.2) is 60.7 Å². The van der Waals surface area contributed by atoms with Crippen molar-refractivity contribution in [2.45, 2.75) is 0 Å². The zero-order valence-electron chi connectivity index (χ0n) is 12.8. The fraction of sp³-hybridized carbons (Fsp3) is 0.278. The number of carbonyl (C=O) groups excluding carboxylic acids is 1. The molecule has 0 aliphatic carbocycles. The van der Waals surface area contributed by atoms with Crippen LogP contribution in [0.25, 0.3) is 0 Å². The van der Waals surface area contributed by atoms with Crippen molar-refractivity contribution in [3.05, 3.63) is 60.7 Å². The monoisotopic (exact) mass is 312 g/mol. The van der Waals surface area contributed by atoms with Crippen molar-refractivity contribution in [2.75, 3.05) is 31.2 Å². The van der Waals surface area contributed by atoms with Crippen molar-refractivity contribution in [3.8, 4) is 0 Å². The highest BCUT2D eigenvalue weighted by Gasteiger charge is 2.45. The van der Waals surface area contributed by atoms with Gasteiger partial charge in [-0.25, -0.2) is 4.79 Å². The number of hydrogen-bond acceptors (Lipinski definition) is 3. The molecule has 2 aromatic carbocycles. The van der Waals surface area contributed by atoms with Crippen molar-refractivity contribution in [2.24, 2.45) is 5.41 Å². The number of aliphatic hydroxyl groups is 2. The summed E-state index contributed by atoms with van der Waals surface area (Å²) in [5, 5.41) is 18.8. The van der Waals surface area contributed by atoms with Crippen molar-refractivity contribution in [1.29, 1.82) is 0 Å². The summed E-state index contributed by atoms with van der Waals surface area (Å²) < 4.78 is 0. The van der Waals surface area contributed by atoms with E-state index in [1.807, 2.05) is 60.7 Å². The Morgan fingerprint density at radius 1 is 0.913 bits per heavy atom. The minimum absolute atomic E-state index is 0.121. The van der Waals surface area contributed by atoms with Crippen molar-refractivity contribution in [1.82, 2.24) is 4.90 Å². The molecule has 1 fully saturated rings. The van der Waals surface area contributed by atoms with E-state index in [1.165, 1.54) is 0 Å². The Balaban J connectivity index is 1.87. The molecule has 2 aromatic rings. The number of para-hydroxylation sites is 2. The molecule has 1 aliphatic rings. The third-order valence-corrected chi connectivity index (χ3v) is 4.21. The second-order valence-electron chi connectivity index (χ2n) is 5.96. The zero-order chi connectivity index (χ0) is 16.3. The van der Waals surface area contributed by atoms with E-state index in [-0.39, 0.29) is 19.2 Å². The largest absolute Gasteiger partial charge is 0.396 e. The Bertz CT molecular complexity index is 609. The van der Waals surface area contributed by atoms with E-state index in [4.69, 9.17) is 0 Å². The summed E-state index contributed by atoms with van der Waals surface area (Å²) in [6, 6.07) is 18.8. The molecule has 0 bridgehead atoms. The van der Waals surface area contributed by atoms with Crippen molar-refractivity contribution in [3.63, 3.8) is 0 Å². The second kappa shape index (κ2) is 6.40. The number of amides is 2. The maximum Gasteiger partial charge on any atom is 0.329 e. The zero-order valence-corrected chi connectivity index (χ0v) is 12.8. The lowest BCUT2D eigenvalue weighted by molar-refractivity contribution is -0.0508. The first-order chi connectivity index (χ1) is 11.2. The van der Waals surface area contributed by atoms with Crippen LogP contribution >= 0.6 is 0 Å². The molecule has 5 heteroatoms. The first kappa shape index (κ1) is 15.5. The van der Waals surface area contributed by atoms with Gasteiger partial charge in [-0.2, -0.15) is 0 Å². The quantitative estimate of drug-likeness (QED) is 0.910. The normalized spacial score (nSPS) is 15.8. The van der Waals surface area contributed by atoms with Gasteiger partial charge < -0.3 is 15.1 Å². The summed E-state index contributed by atoms with van der Waals surface area (Å²) in [5.41, 5.74) is 0.998. The number of urea groups is 1. The Morgan fingerprint density at radius 2 is 1.35 bits per heavy atom. The molecule has 0 saturated carbocycles. The lowest BCUT2D eigenvalue weighted by atomic mass is 9.82. The Morgan fingerprint density at radius 3 is 1.74 bits per heavy atom. The van der Waals surface area contributed by atoms with Crippen LogP contribution < -0.4 is 4.90 Å². The van der Waals surface area contributed by atoms with Crippen LogP contribution in [0, 0.1) is 5.41 Å². The number of hydrogen-bond donors (Lipinski definition) is 2. The van der Waals surface area contributed by atoms with Crippen LogP contribution in [0.3, 0.4) is 0 Å². The van der Waals surface area contributed by atoms with E-state index in [0.29, 0.717) is 13.1 Å². The number of rotatable bonds is 4. The molecule has 1 saturated heterocycles. The van der Waals surface area contributed by atoms with Crippen LogP contribution in [0.5, 0.6) is 0 Å². The SMILES string of the molecule is O=C(N1CC(CO)(CO)C1)N(c1ccccc1)c1ccccc1. The minimum Gasteiger partial charge on any atom is -0.396 e. The summed E-state index contributed by atoms with van der Waals surface area (Å²) in [6.45, 7) is 0.470. The first-order valence-electron chi connectivity index (χ1n) is 7.60. The van der Waals surface area contributed by atoms with Gasteiger partial charge in [0, 0.05) is 13.1 Å². The topological polar surface area (TPSA) is 64.0 Å². The molecule has 23 heavy (non-hydrogen) atoms. The Labute approximate surface area is 135 Å². The maximum atomic E-state index is 12.9. The van der Waals surface area contributed by atoms with Crippen LogP contribution in [0.1, 0.15) is 0 Å². The average Bonchev–Trinajstić information content (AvgIpc) is 2.57. The minimum atomic E-state index is -0.575. The molecule has 3 rings (SSSR count). The van der Waals surface area contributed by atoms with E-state index in [9.17, 15) is 15.0 Å². The van der Waals surface area contributed by atoms with Crippen LogP contribution in [0.4, 0.5) is 16.2 Å². The van der Waals surface area contributed by atoms with Crippen LogP contribution in [0.2, 0.25) is 0 Å². The molecule has 5 nitrogen and oxygen atoms in total. The number of benzene rings is 2. The second-order valence-corrected chi connectivity index (χ2v) is 5.96. The van der Waals surface area contributed by atoms with Crippen molar-refractivity contribution >= 4 is 17.4 Å². The van der Waals surface area contributed by atoms with Gasteiger partial charge in [0.05, 0.1) is 30.0 Å². The van der Waals surface area contributed by atoms with Gasteiger partial charge in [-0.05, 0) is 24.3 Å². The highest BCUT2D eigenvalue weighted by molar-refractivity contribution is 5.99. The molecule has 1 heterocycles. The lowest BCUT2D eigenvalue weighted by Gasteiger charge is -2.49. The van der Waals surface area contributed by atoms with E-state index in [2.05, 4.69) is 0 Å². The van der Waals surface area contributed by atoms with E-state index >= 15 is 0 Å². The first-order valence-corrected chi connectivity index (χ1v) is 7.60. The summed E-state index contributed by atoms with van der Waals surface area (Å²) >= 11 is 0.